The Morgan fingerprint density at radius 2 is 2.14 bits per heavy atom. The van der Waals surface area contributed by atoms with Gasteiger partial charge in [0.25, 0.3) is 0 Å². The van der Waals surface area contributed by atoms with E-state index in [9.17, 15) is 0 Å². The van der Waals surface area contributed by atoms with Crippen LogP contribution in [0.2, 0.25) is 10.0 Å². The molecule has 1 atom stereocenters. The zero-order valence-corrected chi connectivity index (χ0v) is 9.62. The molecule has 1 aromatic rings. The van der Waals surface area contributed by atoms with Crippen LogP contribution in [0.25, 0.3) is 0 Å². The smallest absolute Gasteiger partial charge is 0.0627 e. The zero-order chi connectivity index (χ0) is 10.1. The number of hydrogen-bond donors (Lipinski definition) is 1. The van der Waals surface area contributed by atoms with E-state index in [1.165, 1.54) is 17.5 Å². The summed E-state index contributed by atoms with van der Waals surface area (Å²) in [7, 11) is 0. The second-order valence-electron chi connectivity index (χ2n) is 3.58. The molecule has 1 heterocycles. The molecule has 2 rings (SSSR count). The fraction of sp³-hybridized carbons (Fsp3) is 0.455. The molecule has 0 saturated carbocycles. The topological polar surface area (TPSA) is 12.0 Å². The van der Waals surface area contributed by atoms with Crippen molar-refractivity contribution in [1.29, 1.82) is 0 Å². The lowest BCUT2D eigenvalue weighted by Crippen LogP contribution is -2.35. The van der Waals surface area contributed by atoms with Gasteiger partial charge in [0.1, 0.15) is 0 Å². The molecule has 0 aromatic heterocycles. The Morgan fingerprint density at radius 3 is 2.64 bits per heavy atom. The van der Waals surface area contributed by atoms with Crippen molar-refractivity contribution in [2.24, 2.45) is 0 Å². The Kier molecular flexibility index (Phi) is 3.01. The summed E-state index contributed by atoms with van der Waals surface area (Å²) < 4.78 is 0. The molecule has 0 aliphatic carbocycles. The second kappa shape index (κ2) is 4.09. The molecule has 1 fully saturated rings. The molecular formula is C11H13Cl2N. The minimum absolute atomic E-state index is 0.486. The standard InChI is InChI=1S/C11H13Cl2N/c1-2-7-8(10-5-6-14-10)3-4-9(12)11(7)13/h3-4,10,14H,2,5-6H2,1H3/t10-/m1/s1. The zero-order valence-electron chi connectivity index (χ0n) is 8.11. The highest BCUT2D eigenvalue weighted by molar-refractivity contribution is 6.42. The van der Waals surface area contributed by atoms with Crippen molar-refractivity contribution < 1.29 is 0 Å². The van der Waals surface area contributed by atoms with Crippen molar-refractivity contribution in [2.75, 3.05) is 6.54 Å². The molecule has 1 aromatic carbocycles. The number of rotatable bonds is 2. The molecule has 0 bridgehead atoms. The summed E-state index contributed by atoms with van der Waals surface area (Å²) in [5.74, 6) is 0. The molecule has 1 aliphatic rings. The predicted molar refractivity (Wildman–Crippen MR) is 61.2 cm³/mol. The van der Waals surface area contributed by atoms with E-state index in [-0.39, 0.29) is 0 Å². The van der Waals surface area contributed by atoms with Crippen molar-refractivity contribution >= 4 is 23.2 Å². The van der Waals surface area contributed by atoms with Gasteiger partial charge in [0, 0.05) is 6.04 Å². The second-order valence-corrected chi connectivity index (χ2v) is 4.36. The molecule has 0 spiro atoms. The largest absolute Gasteiger partial charge is 0.310 e. The maximum atomic E-state index is 6.16. The number of halogens is 2. The maximum absolute atomic E-state index is 6.16. The molecule has 76 valence electrons. The van der Waals surface area contributed by atoms with Crippen molar-refractivity contribution in [1.82, 2.24) is 5.32 Å². The first kappa shape index (κ1) is 10.3. The minimum atomic E-state index is 0.486. The number of benzene rings is 1. The van der Waals surface area contributed by atoms with E-state index in [4.69, 9.17) is 23.2 Å². The van der Waals surface area contributed by atoms with E-state index in [0.717, 1.165) is 18.0 Å². The van der Waals surface area contributed by atoms with E-state index in [1.807, 2.05) is 6.07 Å². The van der Waals surface area contributed by atoms with E-state index in [0.29, 0.717) is 11.1 Å². The third kappa shape index (κ3) is 1.65. The summed E-state index contributed by atoms with van der Waals surface area (Å²) in [6.45, 7) is 3.22. The average Bonchev–Trinajstić information content (AvgIpc) is 2.09. The molecule has 3 heteroatoms. The van der Waals surface area contributed by atoms with Gasteiger partial charge in [0.2, 0.25) is 0 Å². The molecular weight excluding hydrogens is 217 g/mol. The van der Waals surface area contributed by atoms with Crippen LogP contribution in [-0.2, 0) is 6.42 Å². The Morgan fingerprint density at radius 1 is 1.43 bits per heavy atom. The number of nitrogens with one attached hydrogen (secondary N) is 1. The van der Waals surface area contributed by atoms with Gasteiger partial charge in [-0.15, -0.1) is 0 Å². The van der Waals surface area contributed by atoms with Crippen LogP contribution >= 0.6 is 23.2 Å². The third-order valence-corrected chi connectivity index (χ3v) is 3.63. The van der Waals surface area contributed by atoms with Crippen molar-refractivity contribution in [3.8, 4) is 0 Å². The highest BCUT2D eigenvalue weighted by atomic mass is 35.5. The monoisotopic (exact) mass is 229 g/mol. The minimum Gasteiger partial charge on any atom is -0.310 e. The molecule has 1 aliphatic heterocycles. The van der Waals surface area contributed by atoms with Gasteiger partial charge >= 0.3 is 0 Å². The molecule has 1 saturated heterocycles. The van der Waals surface area contributed by atoms with Gasteiger partial charge in [-0.25, -0.2) is 0 Å². The van der Waals surface area contributed by atoms with E-state index < -0.39 is 0 Å². The first-order valence-electron chi connectivity index (χ1n) is 4.94. The van der Waals surface area contributed by atoms with Crippen LogP contribution < -0.4 is 5.32 Å². The van der Waals surface area contributed by atoms with E-state index >= 15 is 0 Å². The molecule has 1 nitrogen and oxygen atoms in total. The van der Waals surface area contributed by atoms with Crippen molar-refractivity contribution in [2.45, 2.75) is 25.8 Å². The van der Waals surface area contributed by atoms with Gasteiger partial charge in [-0.2, -0.15) is 0 Å². The van der Waals surface area contributed by atoms with Crippen LogP contribution in [0.1, 0.15) is 30.5 Å². The lowest BCUT2D eigenvalue weighted by Gasteiger charge is -2.30. The van der Waals surface area contributed by atoms with Crippen LogP contribution in [0.3, 0.4) is 0 Å². The molecule has 0 amide bonds. The lowest BCUT2D eigenvalue weighted by atomic mass is 9.92. The Hall–Kier alpha value is -0.240. The van der Waals surface area contributed by atoms with Crippen molar-refractivity contribution in [3.05, 3.63) is 33.3 Å². The Balaban J connectivity index is 2.43. The van der Waals surface area contributed by atoms with Crippen LogP contribution in [0, 0.1) is 0 Å². The summed E-state index contributed by atoms with van der Waals surface area (Å²) >= 11 is 12.1. The first-order chi connectivity index (χ1) is 6.74. The summed E-state index contributed by atoms with van der Waals surface area (Å²) in [5.41, 5.74) is 2.50. The Bertz CT molecular complexity index is 345. The van der Waals surface area contributed by atoms with Gasteiger partial charge in [-0.1, -0.05) is 36.2 Å². The van der Waals surface area contributed by atoms with Gasteiger partial charge < -0.3 is 5.32 Å². The van der Waals surface area contributed by atoms with Gasteiger partial charge in [-0.05, 0) is 36.6 Å². The molecule has 14 heavy (non-hydrogen) atoms. The molecule has 0 radical (unpaired) electrons. The summed E-state index contributed by atoms with van der Waals surface area (Å²) in [6, 6.07) is 4.46. The fourth-order valence-electron chi connectivity index (χ4n) is 1.85. The lowest BCUT2D eigenvalue weighted by molar-refractivity contribution is 0.381. The predicted octanol–water partition coefficient (Wildman–Crippen LogP) is 3.59. The van der Waals surface area contributed by atoms with Crippen molar-refractivity contribution in [3.63, 3.8) is 0 Å². The summed E-state index contributed by atoms with van der Waals surface area (Å²) in [6.07, 6.45) is 2.14. The third-order valence-electron chi connectivity index (χ3n) is 2.79. The number of hydrogen-bond acceptors (Lipinski definition) is 1. The van der Waals surface area contributed by atoms with E-state index in [1.54, 1.807) is 0 Å². The van der Waals surface area contributed by atoms with Gasteiger partial charge in [-0.3, -0.25) is 0 Å². The summed E-state index contributed by atoms with van der Waals surface area (Å²) in [5, 5.41) is 4.76. The van der Waals surface area contributed by atoms with Gasteiger partial charge in [0.15, 0.2) is 0 Å². The quantitative estimate of drug-likeness (QED) is 0.818. The highest BCUT2D eigenvalue weighted by Crippen LogP contribution is 2.34. The maximum Gasteiger partial charge on any atom is 0.0627 e. The average molecular weight is 230 g/mol. The fourth-order valence-corrected chi connectivity index (χ4v) is 2.33. The first-order valence-corrected chi connectivity index (χ1v) is 5.69. The normalized spacial score (nSPS) is 20.6. The molecule has 1 N–H and O–H groups in total. The van der Waals surface area contributed by atoms with Crippen LogP contribution in [-0.4, -0.2) is 6.54 Å². The summed E-state index contributed by atoms with van der Waals surface area (Å²) in [4.78, 5) is 0. The highest BCUT2D eigenvalue weighted by Gasteiger charge is 2.22. The van der Waals surface area contributed by atoms with Crippen LogP contribution in [0.4, 0.5) is 0 Å². The van der Waals surface area contributed by atoms with E-state index in [2.05, 4.69) is 18.3 Å². The Labute approximate surface area is 94.4 Å². The SMILES string of the molecule is CCc1c([C@H]2CCN2)ccc(Cl)c1Cl. The van der Waals surface area contributed by atoms with Crippen LogP contribution in [0.15, 0.2) is 12.1 Å². The molecule has 0 unspecified atom stereocenters. The van der Waals surface area contributed by atoms with Gasteiger partial charge in [0.05, 0.1) is 10.0 Å². The van der Waals surface area contributed by atoms with Crippen LogP contribution in [0.5, 0.6) is 0 Å².